The summed E-state index contributed by atoms with van der Waals surface area (Å²) in [6, 6.07) is 9.96. The molecule has 0 aliphatic heterocycles. The fourth-order valence-corrected chi connectivity index (χ4v) is 2.44. The Morgan fingerprint density at radius 2 is 1.83 bits per heavy atom. The van der Waals surface area contributed by atoms with Crippen LogP contribution in [0.1, 0.15) is 5.69 Å². The number of nitrogens with one attached hydrogen (secondary N) is 1. The second-order valence-corrected chi connectivity index (χ2v) is 5.27. The lowest BCUT2D eigenvalue weighted by Crippen LogP contribution is -2.24. The van der Waals surface area contributed by atoms with Crippen molar-refractivity contribution in [3.05, 3.63) is 70.1 Å². The van der Waals surface area contributed by atoms with E-state index in [2.05, 4.69) is 10.4 Å². The highest BCUT2D eigenvalue weighted by molar-refractivity contribution is 5.95. The highest BCUT2D eigenvalue weighted by Gasteiger charge is 2.13. The maximum absolute atomic E-state index is 13.2. The molecule has 7 heteroatoms. The largest absolute Gasteiger partial charge is 0.326 e. The number of fused-ring (bicyclic) bond motifs is 1. The zero-order valence-corrected chi connectivity index (χ0v) is 12.7. The molecular weight excluding hydrogens is 316 g/mol. The second kappa shape index (κ2) is 6.19. The molecule has 0 spiro atoms. The molecule has 0 radical (unpaired) electrons. The minimum absolute atomic E-state index is 0.104. The van der Waals surface area contributed by atoms with Gasteiger partial charge in [0.2, 0.25) is 5.91 Å². The number of anilines is 1. The first-order valence-electron chi connectivity index (χ1n) is 7.15. The topological polar surface area (TPSA) is 64.0 Å². The Morgan fingerprint density at radius 3 is 2.54 bits per heavy atom. The maximum Gasteiger partial charge on any atom is 0.274 e. The molecule has 0 aliphatic rings. The van der Waals surface area contributed by atoms with E-state index in [-0.39, 0.29) is 17.7 Å². The SMILES string of the molecule is Cn1nc(CC(=O)Nc2ccc(F)c(F)c2)c2ccccc2c1=O. The highest BCUT2D eigenvalue weighted by Crippen LogP contribution is 2.16. The molecule has 0 bridgehead atoms. The van der Waals surface area contributed by atoms with Crippen molar-refractivity contribution in [2.24, 2.45) is 7.05 Å². The van der Waals surface area contributed by atoms with Gasteiger partial charge >= 0.3 is 0 Å². The van der Waals surface area contributed by atoms with Crippen molar-refractivity contribution in [3.8, 4) is 0 Å². The number of carbonyl (C=O) groups is 1. The van der Waals surface area contributed by atoms with Crippen molar-refractivity contribution in [2.75, 3.05) is 5.32 Å². The van der Waals surface area contributed by atoms with Crippen LogP contribution in [-0.2, 0) is 18.3 Å². The minimum Gasteiger partial charge on any atom is -0.326 e. The lowest BCUT2D eigenvalue weighted by Gasteiger charge is -2.09. The molecule has 0 fully saturated rings. The van der Waals surface area contributed by atoms with Crippen LogP contribution in [0.2, 0.25) is 0 Å². The molecule has 3 rings (SSSR count). The normalized spacial score (nSPS) is 10.8. The molecule has 1 aromatic heterocycles. The average Bonchev–Trinajstić information content (AvgIpc) is 2.56. The smallest absolute Gasteiger partial charge is 0.274 e. The summed E-state index contributed by atoms with van der Waals surface area (Å²) in [6.07, 6.45) is -0.104. The number of aryl methyl sites for hydroxylation is 1. The highest BCUT2D eigenvalue weighted by atomic mass is 19.2. The van der Waals surface area contributed by atoms with Gasteiger partial charge in [-0.3, -0.25) is 9.59 Å². The first-order valence-corrected chi connectivity index (χ1v) is 7.15. The average molecular weight is 329 g/mol. The number of hydrogen-bond donors (Lipinski definition) is 1. The molecule has 5 nitrogen and oxygen atoms in total. The van der Waals surface area contributed by atoms with Crippen LogP contribution in [-0.4, -0.2) is 15.7 Å². The molecule has 1 heterocycles. The number of rotatable bonds is 3. The van der Waals surface area contributed by atoms with Crippen LogP contribution in [0.4, 0.5) is 14.5 Å². The zero-order valence-electron chi connectivity index (χ0n) is 12.7. The van der Waals surface area contributed by atoms with Crippen molar-refractivity contribution < 1.29 is 13.6 Å². The predicted octanol–water partition coefficient (Wildman–Crippen LogP) is 2.39. The van der Waals surface area contributed by atoms with Crippen molar-refractivity contribution >= 4 is 22.4 Å². The number of hydrogen-bond acceptors (Lipinski definition) is 3. The predicted molar refractivity (Wildman–Crippen MR) is 85.7 cm³/mol. The minimum atomic E-state index is -1.04. The number of halogens is 2. The first-order chi connectivity index (χ1) is 11.5. The first kappa shape index (κ1) is 15.8. The number of amides is 1. The van der Waals surface area contributed by atoms with Gasteiger partial charge in [0.15, 0.2) is 11.6 Å². The molecule has 1 N–H and O–H groups in total. The van der Waals surface area contributed by atoms with Gasteiger partial charge in [0.05, 0.1) is 17.5 Å². The van der Waals surface area contributed by atoms with E-state index in [0.717, 1.165) is 12.1 Å². The third kappa shape index (κ3) is 3.01. The van der Waals surface area contributed by atoms with Crippen LogP contribution in [0.15, 0.2) is 47.3 Å². The summed E-state index contributed by atoms with van der Waals surface area (Å²) in [4.78, 5) is 24.2. The lowest BCUT2D eigenvalue weighted by molar-refractivity contribution is -0.115. The van der Waals surface area contributed by atoms with Crippen molar-refractivity contribution in [1.29, 1.82) is 0 Å². The van der Waals surface area contributed by atoms with Gasteiger partial charge in [-0.05, 0) is 18.2 Å². The van der Waals surface area contributed by atoms with Gasteiger partial charge in [-0.15, -0.1) is 0 Å². The van der Waals surface area contributed by atoms with Crippen LogP contribution >= 0.6 is 0 Å². The van der Waals surface area contributed by atoms with Gasteiger partial charge in [-0.1, -0.05) is 18.2 Å². The Labute approximate surface area is 135 Å². The summed E-state index contributed by atoms with van der Waals surface area (Å²) in [5, 5.41) is 7.66. The molecule has 0 saturated heterocycles. The number of nitrogens with zero attached hydrogens (tertiary/aromatic N) is 2. The Hall–Kier alpha value is -3.09. The quantitative estimate of drug-likeness (QED) is 0.802. The molecule has 122 valence electrons. The van der Waals surface area contributed by atoms with E-state index < -0.39 is 17.5 Å². The molecule has 0 aliphatic carbocycles. The number of aromatic nitrogens is 2. The van der Waals surface area contributed by atoms with Gasteiger partial charge in [-0.2, -0.15) is 5.10 Å². The summed E-state index contributed by atoms with van der Waals surface area (Å²) in [7, 11) is 1.51. The third-order valence-corrected chi connectivity index (χ3v) is 3.56. The lowest BCUT2D eigenvalue weighted by atomic mass is 10.1. The van der Waals surface area contributed by atoms with Crippen molar-refractivity contribution in [3.63, 3.8) is 0 Å². The van der Waals surface area contributed by atoms with Crippen LogP contribution < -0.4 is 10.9 Å². The molecule has 3 aromatic rings. The molecule has 0 atom stereocenters. The molecular formula is C17H13F2N3O2. The second-order valence-electron chi connectivity index (χ2n) is 5.27. The summed E-state index contributed by atoms with van der Waals surface area (Å²) in [5.74, 6) is -2.48. The Bertz CT molecular complexity index is 999. The van der Waals surface area contributed by atoms with E-state index in [1.165, 1.54) is 17.8 Å². The summed E-state index contributed by atoms with van der Waals surface area (Å²) in [6.45, 7) is 0. The van der Waals surface area contributed by atoms with Crippen LogP contribution in [0.3, 0.4) is 0 Å². The van der Waals surface area contributed by atoms with Gasteiger partial charge in [0, 0.05) is 24.2 Å². The van der Waals surface area contributed by atoms with Crippen LogP contribution in [0, 0.1) is 11.6 Å². The summed E-state index contributed by atoms with van der Waals surface area (Å²) in [5.41, 5.74) is 0.316. The fraction of sp³-hybridized carbons (Fsp3) is 0.118. The summed E-state index contributed by atoms with van der Waals surface area (Å²) < 4.78 is 27.3. The maximum atomic E-state index is 13.2. The van der Waals surface area contributed by atoms with Crippen LogP contribution in [0.25, 0.3) is 10.8 Å². The Balaban J connectivity index is 1.89. The fourth-order valence-electron chi connectivity index (χ4n) is 2.44. The number of benzene rings is 2. The molecule has 2 aromatic carbocycles. The molecule has 0 unspecified atom stereocenters. The van der Waals surface area contributed by atoms with Crippen LogP contribution in [0.5, 0.6) is 0 Å². The van der Waals surface area contributed by atoms with Crippen molar-refractivity contribution in [2.45, 2.75) is 6.42 Å². The number of carbonyl (C=O) groups excluding carboxylic acids is 1. The Morgan fingerprint density at radius 1 is 1.12 bits per heavy atom. The van der Waals surface area contributed by atoms with E-state index >= 15 is 0 Å². The summed E-state index contributed by atoms with van der Waals surface area (Å²) >= 11 is 0. The van der Waals surface area contributed by atoms with Gasteiger partial charge in [0.25, 0.3) is 5.56 Å². The van der Waals surface area contributed by atoms with Gasteiger partial charge in [-0.25, -0.2) is 13.5 Å². The van der Waals surface area contributed by atoms with E-state index in [9.17, 15) is 18.4 Å². The standard InChI is InChI=1S/C17H13F2N3O2/c1-22-17(24)12-5-3-2-4-11(12)15(21-22)9-16(23)20-10-6-7-13(18)14(19)8-10/h2-8H,9H2,1H3,(H,20,23). The van der Waals surface area contributed by atoms with E-state index in [0.29, 0.717) is 16.5 Å². The van der Waals surface area contributed by atoms with E-state index in [4.69, 9.17) is 0 Å². The van der Waals surface area contributed by atoms with E-state index in [1.807, 2.05) is 0 Å². The molecule has 24 heavy (non-hydrogen) atoms. The van der Waals surface area contributed by atoms with Gasteiger partial charge in [0.1, 0.15) is 0 Å². The Kier molecular flexibility index (Phi) is 4.07. The zero-order chi connectivity index (χ0) is 17.3. The monoisotopic (exact) mass is 329 g/mol. The van der Waals surface area contributed by atoms with Crippen molar-refractivity contribution in [1.82, 2.24) is 9.78 Å². The van der Waals surface area contributed by atoms with Gasteiger partial charge < -0.3 is 5.32 Å². The molecule has 0 saturated carbocycles. The van der Waals surface area contributed by atoms with E-state index in [1.54, 1.807) is 24.3 Å². The molecule has 1 amide bonds. The third-order valence-electron chi connectivity index (χ3n) is 3.56.